The number of tetrazole rings is 1. The lowest BCUT2D eigenvalue weighted by atomic mass is 9.98. The van der Waals surface area contributed by atoms with Gasteiger partial charge in [-0.1, -0.05) is 62.4 Å². The van der Waals surface area contributed by atoms with Crippen molar-refractivity contribution in [1.82, 2.24) is 39.3 Å². The molecule has 0 bridgehead atoms. The van der Waals surface area contributed by atoms with Crippen molar-refractivity contribution in [1.29, 1.82) is 0 Å². The summed E-state index contributed by atoms with van der Waals surface area (Å²) < 4.78 is 9.10. The first-order valence-electron chi connectivity index (χ1n) is 13.2. The zero-order valence-corrected chi connectivity index (χ0v) is 22.6. The van der Waals surface area contributed by atoms with Crippen molar-refractivity contribution in [3.63, 3.8) is 0 Å². The first kappa shape index (κ1) is 26.7. The van der Waals surface area contributed by atoms with Crippen molar-refractivity contribution in [3.05, 3.63) is 80.8 Å². The number of nitrogens with one attached hydrogen (secondary N) is 1. The van der Waals surface area contributed by atoms with Gasteiger partial charge in [-0.05, 0) is 34.7 Å². The molecule has 3 aromatic heterocycles. The second-order valence-electron chi connectivity index (χ2n) is 9.42. The fraction of sp³-hybridized carbons (Fsp3) is 0.321. The molecular formula is C28H30N8O4. The molecule has 0 saturated heterocycles. The molecule has 0 saturated carbocycles. The Kier molecular flexibility index (Phi) is 7.67. The number of rotatable bonds is 10. The minimum atomic E-state index is -0.589. The highest BCUT2D eigenvalue weighted by atomic mass is 16.5. The SMILES string of the molecule is CCCc1nc2c(c(=O)n(CCC)c(=O)n2CC(=O)OC)n1Cc1ccc(-c2ccccc2-c2nn[nH]n2)cc1. The fourth-order valence-electron chi connectivity index (χ4n) is 4.86. The number of methoxy groups -OCH3 is 1. The summed E-state index contributed by atoms with van der Waals surface area (Å²) in [5.41, 5.74) is 3.26. The number of H-pyrrole nitrogens is 1. The van der Waals surface area contributed by atoms with Gasteiger partial charge < -0.3 is 9.30 Å². The number of ether oxygens (including phenoxy) is 1. The van der Waals surface area contributed by atoms with E-state index in [-0.39, 0.29) is 18.7 Å². The quantitative estimate of drug-likeness (QED) is 0.266. The van der Waals surface area contributed by atoms with E-state index < -0.39 is 17.2 Å². The summed E-state index contributed by atoms with van der Waals surface area (Å²) in [6.45, 7) is 4.19. The van der Waals surface area contributed by atoms with E-state index in [9.17, 15) is 14.4 Å². The number of aryl methyl sites for hydroxylation is 1. The minimum absolute atomic E-state index is 0.196. The molecule has 0 spiro atoms. The molecule has 5 aromatic rings. The third kappa shape index (κ3) is 4.95. The van der Waals surface area contributed by atoms with Crippen LogP contribution < -0.4 is 11.2 Å². The van der Waals surface area contributed by atoms with E-state index in [1.54, 1.807) is 0 Å². The Morgan fingerprint density at radius 2 is 1.70 bits per heavy atom. The normalized spacial score (nSPS) is 11.3. The van der Waals surface area contributed by atoms with Crippen molar-refractivity contribution in [2.75, 3.05) is 7.11 Å². The fourth-order valence-corrected chi connectivity index (χ4v) is 4.86. The Morgan fingerprint density at radius 3 is 2.35 bits per heavy atom. The average molecular weight is 543 g/mol. The lowest BCUT2D eigenvalue weighted by molar-refractivity contribution is -0.141. The van der Waals surface area contributed by atoms with Crippen LogP contribution in [0.5, 0.6) is 0 Å². The lowest BCUT2D eigenvalue weighted by Crippen LogP contribution is -2.41. The maximum Gasteiger partial charge on any atom is 0.333 e. The molecule has 3 heterocycles. The second-order valence-corrected chi connectivity index (χ2v) is 9.42. The number of aromatic amines is 1. The molecule has 12 heteroatoms. The number of imidazole rings is 1. The highest BCUT2D eigenvalue weighted by Gasteiger charge is 2.23. The molecule has 40 heavy (non-hydrogen) atoms. The number of nitrogens with zero attached hydrogens (tertiary/aromatic N) is 7. The van der Waals surface area contributed by atoms with Crippen molar-refractivity contribution in [3.8, 4) is 22.5 Å². The Morgan fingerprint density at radius 1 is 0.950 bits per heavy atom. The third-order valence-electron chi connectivity index (χ3n) is 6.75. The van der Waals surface area contributed by atoms with E-state index in [4.69, 9.17) is 9.72 Å². The second kappa shape index (κ2) is 11.5. The van der Waals surface area contributed by atoms with Crippen molar-refractivity contribution >= 4 is 17.1 Å². The molecule has 0 atom stereocenters. The van der Waals surface area contributed by atoms with Gasteiger partial charge in [0.25, 0.3) is 5.56 Å². The predicted molar refractivity (Wildman–Crippen MR) is 149 cm³/mol. The maximum absolute atomic E-state index is 13.6. The molecule has 12 nitrogen and oxygen atoms in total. The molecular weight excluding hydrogens is 512 g/mol. The first-order chi connectivity index (χ1) is 19.5. The Hall–Kier alpha value is -4.87. The van der Waals surface area contributed by atoms with Gasteiger partial charge in [0, 0.05) is 25.1 Å². The minimum Gasteiger partial charge on any atom is -0.468 e. The zero-order valence-electron chi connectivity index (χ0n) is 22.6. The van der Waals surface area contributed by atoms with Crippen LogP contribution in [0.4, 0.5) is 0 Å². The molecule has 1 N–H and O–H groups in total. The number of carbonyl (C=O) groups is 1. The third-order valence-corrected chi connectivity index (χ3v) is 6.75. The molecule has 0 unspecified atom stereocenters. The predicted octanol–water partition coefficient (Wildman–Crippen LogP) is 2.79. The summed E-state index contributed by atoms with van der Waals surface area (Å²) in [5, 5.41) is 14.4. The number of esters is 1. The van der Waals surface area contributed by atoms with Crippen LogP contribution in [0.2, 0.25) is 0 Å². The molecule has 0 aliphatic heterocycles. The molecule has 0 aliphatic rings. The van der Waals surface area contributed by atoms with Gasteiger partial charge in [0.15, 0.2) is 11.2 Å². The van der Waals surface area contributed by atoms with Gasteiger partial charge in [-0.2, -0.15) is 5.21 Å². The summed E-state index contributed by atoms with van der Waals surface area (Å²) in [6, 6.07) is 15.8. The van der Waals surface area contributed by atoms with E-state index in [0.29, 0.717) is 36.6 Å². The smallest absolute Gasteiger partial charge is 0.333 e. The average Bonchev–Trinajstić information content (AvgIpc) is 3.63. The zero-order chi connectivity index (χ0) is 28.2. The van der Waals surface area contributed by atoms with Crippen LogP contribution in [0.1, 0.15) is 38.1 Å². The van der Waals surface area contributed by atoms with Crippen LogP contribution in [0, 0.1) is 0 Å². The van der Waals surface area contributed by atoms with Gasteiger partial charge in [-0.25, -0.2) is 9.78 Å². The highest BCUT2D eigenvalue weighted by Crippen LogP contribution is 2.30. The number of fused-ring (bicyclic) bond motifs is 1. The standard InChI is InChI=1S/C28H30N8O4/c1-4-8-22-29-26-24(27(38)34(15-5-2)28(39)36(26)17-23(37)40-3)35(22)16-18-11-13-19(14-12-18)20-9-6-7-10-21(20)25-30-32-33-31-25/h6-7,9-14H,4-5,8,15-17H2,1-3H3,(H,30,31,32,33). The van der Waals surface area contributed by atoms with Gasteiger partial charge in [-0.15, -0.1) is 10.2 Å². The monoisotopic (exact) mass is 542 g/mol. The van der Waals surface area contributed by atoms with E-state index >= 15 is 0 Å². The van der Waals surface area contributed by atoms with E-state index in [0.717, 1.165) is 28.7 Å². The Balaban J connectivity index is 1.60. The summed E-state index contributed by atoms with van der Waals surface area (Å²) in [7, 11) is 1.26. The number of hydrogen-bond donors (Lipinski definition) is 1. The molecule has 5 rings (SSSR count). The number of hydrogen-bond acceptors (Lipinski definition) is 8. The van der Waals surface area contributed by atoms with Gasteiger partial charge in [0.1, 0.15) is 12.4 Å². The maximum atomic E-state index is 13.6. The van der Waals surface area contributed by atoms with Crippen LogP contribution >= 0.6 is 0 Å². The van der Waals surface area contributed by atoms with Gasteiger partial charge in [-0.3, -0.25) is 18.7 Å². The van der Waals surface area contributed by atoms with Crippen molar-refractivity contribution < 1.29 is 9.53 Å². The first-order valence-corrected chi connectivity index (χ1v) is 13.2. The van der Waals surface area contributed by atoms with E-state index in [1.807, 2.05) is 66.9 Å². The summed E-state index contributed by atoms with van der Waals surface area (Å²) in [5.74, 6) is 0.594. The largest absolute Gasteiger partial charge is 0.468 e. The van der Waals surface area contributed by atoms with Crippen molar-refractivity contribution in [2.45, 2.75) is 52.7 Å². The Labute approximate surface area is 229 Å². The number of carbonyl (C=O) groups excluding carboxylic acids is 1. The van der Waals surface area contributed by atoms with Gasteiger partial charge in [0.2, 0.25) is 5.82 Å². The molecule has 2 aromatic carbocycles. The number of aromatic nitrogens is 8. The lowest BCUT2D eigenvalue weighted by Gasteiger charge is -2.13. The summed E-state index contributed by atoms with van der Waals surface area (Å²) in [4.78, 5) is 43.7. The Bertz CT molecular complexity index is 1770. The molecule has 206 valence electrons. The van der Waals surface area contributed by atoms with Crippen LogP contribution in [-0.4, -0.2) is 52.4 Å². The van der Waals surface area contributed by atoms with Crippen molar-refractivity contribution in [2.24, 2.45) is 0 Å². The highest BCUT2D eigenvalue weighted by molar-refractivity contribution is 5.80. The van der Waals surface area contributed by atoms with Gasteiger partial charge in [0.05, 0.1) is 7.11 Å². The van der Waals surface area contributed by atoms with Gasteiger partial charge >= 0.3 is 11.7 Å². The molecule has 0 aliphatic carbocycles. The molecule has 0 fully saturated rings. The summed E-state index contributed by atoms with van der Waals surface area (Å²) in [6.07, 6.45) is 1.98. The van der Waals surface area contributed by atoms with Crippen LogP contribution in [-0.2, 0) is 35.6 Å². The molecule has 0 amide bonds. The summed E-state index contributed by atoms with van der Waals surface area (Å²) >= 11 is 0. The van der Waals surface area contributed by atoms with E-state index in [1.165, 1.54) is 16.2 Å². The van der Waals surface area contributed by atoms with Crippen LogP contribution in [0.15, 0.2) is 58.1 Å². The van der Waals surface area contributed by atoms with Crippen LogP contribution in [0.25, 0.3) is 33.7 Å². The molecule has 0 radical (unpaired) electrons. The number of benzene rings is 2. The van der Waals surface area contributed by atoms with Crippen LogP contribution in [0.3, 0.4) is 0 Å². The topological polar surface area (TPSA) is 143 Å². The van der Waals surface area contributed by atoms with E-state index in [2.05, 4.69) is 20.6 Å².